The second-order valence-corrected chi connectivity index (χ2v) is 6.60. The molecule has 2 heterocycles. The maximum absolute atomic E-state index is 13.9. The van der Waals surface area contributed by atoms with Gasteiger partial charge >= 0.3 is 0 Å². The average Bonchev–Trinajstić information content (AvgIpc) is 2.93. The third-order valence-electron chi connectivity index (χ3n) is 3.45. The first-order valence-electron chi connectivity index (χ1n) is 6.66. The lowest BCUT2D eigenvalue weighted by Gasteiger charge is -2.33. The zero-order valence-electron chi connectivity index (χ0n) is 11.4. The monoisotopic (exact) mass is 343 g/mol. The molecule has 1 unspecified atom stereocenters. The van der Waals surface area contributed by atoms with Crippen LogP contribution in [0.15, 0.2) is 30.3 Å². The third-order valence-corrected chi connectivity index (χ3v) is 4.67. The summed E-state index contributed by atoms with van der Waals surface area (Å²) in [5.41, 5.74) is 0.253. The highest BCUT2D eigenvalue weighted by atomic mass is 35.5. The number of carbonyl (C=O) groups is 1. The highest BCUT2D eigenvalue weighted by Gasteiger charge is 2.28. The zero-order valence-corrected chi connectivity index (χ0v) is 13.0. The van der Waals surface area contributed by atoms with Gasteiger partial charge in [-0.2, -0.15) is 0 Å². The molecule has 1 aliphatic rings. The van der Waals surface area contributed by atoms with Gasteiger partial charge < -0.3 is 9.64 Å². The van der Waals surface area contributed by atoms with E-state index in [2.05, 4.69) is 0 Å². The Labute approximate surface area is 135 Å². The van der Waals surface area contributed by atoms with Crippen LogP contribution < -0.4 is 0 Å². The van der Waals surface area contributed by atoms with Gasteiger partial charge in [0, 0.05) is 18.2 Å². The van der Waals surface area contributed by atoms with Crippen molar-refractivity contribution in [2.75, 3.05) is 19.7 Å². The highest BCUT2D eigenvalue weighted by Crippen LogP contribution is 2.28. The van der Waals surface area contributed by atoms with Gasteiger partial charge in [0.25, 0.3) is 5.91 Å². The van der Waals surface area contributed by atoms with Crippen LogP contribution >= 0.6 is 22.9 Å². The number of thiophene rings is 1. The van der Waals surface area contributed by atoms with Crippen LogP contribution in [-0.4, -0.2) is 30.5 Å². The molecule has 1 aliphatic heterocycles. The van der Waals surface area contributed by atoms with Crippen molar-refractivity contribution in [1.82, 2.24) is 4.90 Å². The summed E-state index contributed by atoms with van der Waals surface area (Å²) >= 11 is 7.04. The standard InChI is InChI=1S/C15H12ClF2NO2S/c16-14-4-3-13(22-14)15(20)19-5-6-21-12(8-19)10-2-1-9(17)7-11(10)18/h1-4,7,12H,5-6,8H2. The van der Waals surface area contributed by atoms with Crippen molar-refractivity contribution in [3.05, 3.63) is 56.7 Å². The van der Waals surface area contributed by atoms with E-state index in [1.165, 1.54) is 23.5 Å². The zero-order chi connectivity index (χ0) is 15.7. The Balaban J connectivity index is 1.78. The van der Waals surface area contributed by atoms with Crippen molar-refractivity contribution in [3.8, 4) is 0 Å². The summed E-state index contributed by atoms with van der Waals surface area (Å²) in [5, 5.41) is 0. The van der Waals surface area contributed by atoms with E-state index in [1.807, 2.05) is 0 Å². The molecule has 1 amide bonds. The third kappa shape index (κ3) is 3.14. The van der Waals surface area contributed by atoms with Crippen molar-refractivity contribution in [3.63, 3.8) is 0 Å². The molecule has 0 saturated carbocycles. The van der Waals surface area contributed by atoms with Crippen LogP contribution in [-0.2, 0) is 4.74 Å². The Hall–Kier alpha value is -1.50. The molecule has 116 valence electrons. The molecule has 0 N–H and O–H groups in total. The second-order valence-electron chi connectivity index (χ2n) is 4.88. The first kappa shape index (κ1) is 15.4. The number of halogens is 3. The molecule has 0 spiro atoms. The van der Waals surface area contributed by atoms with E-state index in [4.69, 9.17) is 16.3 Å². The minimum Gasteiger partial charge on any atom is -0.370 e. The fourth-order valence-electron chi connectivity index (χ4n) is 2.37. The molecule has 3 rings (SSSR count). The van der Waals surface area contributed by atoms with Crippen LogP contribution in [0.5, 0.6) is 0 Å². The molecule has 1 aromatic carbocycles. The van der Waals surface area contributed by atoms with Crippen LogP contribution in [0.25, 0.3) is 0 Å². The molecule has 0 radical (unpaired) electrons. The van der Waals surface area contributed by atoms with E-state index in [-0.39, 0.29) is 18.0 Å². The summed E-state index contributed by atoms with van der Waals surface area (Å²) < 4.78 is 32.9. The molecule has 0 aliphatic carbocycles. The number of morpholine rings is 1. The Morgan fingerprint density at radius 3 is 2.82 bits per heavy atom. The maximum atomic E-state index is 13.9. The van der Waals surface area contributed by atoms with Crippen LogP contribution in [0.3, 0.4) is 0 Å². The number of rotatable bonds is 2. The van der Waals surface area contributed by atoms with Crippen molar-refractivity contribution in [2.24, 2.45) is 0 Å². The predicted octanol–water partition coefficient (Wildman–Crippen LogP) is 3.89. The molecule has 1 atom stereocenters. The summed E-state index contributed by atoms with van der Waals surface area (Å²) in [4.78, 5) is 14.5. The molecule has 22 heavy (non-hydrogen) atoms. The molecular weight excluding hydrogens is 332 g/mol. The van der Waals surface area contributed by atoms with Crippen molar-refractivity contribution < 1.29 is 18.3 Å². The molecule has 0 bridgehead atoms. The summed E-state index contributed by atoms with van der Waals surface area (Å²) in [7, 11) is 0. The largest absolute Gasteiger partial charge is 0.370 e. The number of benzene rings is 1. The quantitative estimate of drug-likeness (QED) is 0.827. The van der Waals surface area contributed by atoms with Gasteiger partial charge in [-0.15, -0.1) is 11.3 Å². The van der Waals surface area contributed by atoms with E-state index in [9.17, 15) is 13.6 Å². The van der Waals surface area contributed by atoms with Crippen LogP contribution in [0.1, 0.15) is 21.3 Å². The fourth-order valence-corrected chi connectivity index (χ4v) is 3.38. The van der Waals surface area contributed by atoms with E-state index in [0.29, 0.717) is 22.4 Å². The predicted molar refractivity (Wildman–Crippen MR) is 80.3 cm³/mol. The molecule has 3 nitrogen and oxygen atoms in total. The molecule has 1 fully saturated rings. The van der Waals surface area contributed by atoms with E-state index in [0.717, 1.165) is 6.07 Å². The minimum atomic E-state index is -0.668. The fraction of sp³-hybridized carbons (Fsp3) is 0.267. The average molecular weight is 344 g/mol. The van der Waals surface area contributed by atoms with Crippen molar-refractivity contribution in [2.45, 2.75) is 6.10 Å². The maximum Gasteiger partial charge on any atom is 0.264 e. The summed E-state index contributed by atoms with van der Waals surface area (Å²) in [6.45, 7) is 0.941. The van der Waals surface area contributed by atoms with Gasteiger partial charge in [-0.25, -0.2) is 8.78 Å². The SMILES string of the molecule is O=C(c1ccc(Cl)s1)N1CCOC(c2ccc(F)cc2F)C1. The van der Waals surface area contributed by atoms with E-state index < -0.39 is 17.7 Å². The van der Waals surface area contributed by atoms with Gasteiger partial charge in [-0.1, -0.05) is 17.7 Å². The van der Waals surface area contributed by atoms with Crippen LogP contribution in [0, 0.1) is 11.6 Å². The number of hydrogen-bond donors (Lipinski definition) is 0. The van der Waals surface area contributed by atoms with Crippen molar-refractivity contribution >= 4 is 28.8 Å². The van der Waals surface area contributed by atoms with Gasteiger partial charge in [0.15, 0.2) is 0 Å². The summed E-state index contributed by atoms with van der Waals surface area (Å²) in [5.74, 6) is -1.47. The van der Waals surface area contributed by atoms with Crippen molar-refractivity contribution in [1.29, 1.82) is 0 Å². The van der Waals surface area contributed by atoms with E-state index >= 15 is 0 Å². The highest BCUT2D eigenvalue weighted by molar-refractivity contribution is 7.17. The number of carbonyl (C=O) groups excluding carboxylic acids is 1. The normalized spacial score (nSPS) is 18.5. The van der Waals surface area contributed by atoms with Gasteiger partial charge in [-0.05, 0) is 18.2 Å². The first-order chi connectivity index (χ1) is 10.5. The number of amides is 1. The topological polar surface area (TPSA) is 29.5 Å². The molecule has 1 saturated heterocycles. The number of ether oxygens (including phenoxy) is 1. The van der Waals surface area contributed by atoms with Gasteiger partial charge in [0.05, 0.1) is 22.4 Å². The Bertz CT molecular complexity index is 707. The number of nitrogens with zero attached hydrogens (tertiary/aromatic N) is 1. The Morgan fingerprint density at radius 2 is 2.14 bits per heavy atom. The summed E-state index contributed by atoms with van der Waals surface area (Å²) in [6, 6.07) is 6.68. The first-order valence-corrected chi connectivity index (χ1v) is 7.85. The lowest BCUT2D eigenvalue weighted by molar-refractivity contribution is -0.0241. The van der Waals surface area contributed by atoms with Crippen LogP contribution in [0.2, 0.25) is 4.34 Å². The number of hydrogen-bond acceptors (Lipinski definition) is 3. The van der Waals surface area contributed by atoms with Gasteiger partial charge in [0.1, 0.15) is 17.7 Å². The second kappa shape index (κ2) is 6.32. The smallest absolute Gasteiger partial charge is 0.264 e. The van der Waals surface area contributed by atoms with Gasteiger partial charge in [-0.3, -0.25) is 4.79 Å². The molecular formula is C15H12ClF2NO2S. The Kier molecular flexibility index (Phi) is 4.42. The van der Waals surface area contributed by atoms with Crippen LogP contribution in [0.4, 0.5) is 8.78 Å². The summed E-state index contributed by atoms with van der Waals surface area (Å²) in [6.07, 6.45) is -0.603. The van der Waals surface area contributed by atoms with Gasteiger partial charge in [0.2, 0.25) is 0 Å². The molecule has 2 aromatic rings. The van der Waals surface area contributed by atoms with E-state index in [1.54, 1.807) is 17.0 Å². The lowest BCUT2D eigenvalue weighted by atomic mass is 10.1. The molecule has 1 aromatic heterocycles. The molecule has 7 heteroatoms. The Morgan fingerprint density at radius 1 is 1.32 bits per heavy atom. The lowest BCUT2D eigenvalue weighted by Crippen LogP contribution is -2.42. The minimum absolute atomic E-state index is 0.160.